The van der Waals surface area contributed by atoms with Crippen LogP contribution in [0.5, 0.6) is 5.75 Å². The third-order valence-electron chi connectivity index (χ3n) is 1.90. The molecule has 15 heavy (non-hydrogen) atoms. The van der Waals surface area contributed by atoms with Crippen molar-refractivity contribution in [2.24, 2.45) is 0 Å². The highest BCUT2D eigenvalue weighted by Crippen LogP contribution is 2.12. The molecule has 0 aliphatic rings. The van der Waals surface area contributed by atoms with Gasteiger partial charge < -0.3 is 20.5 Å². The van der Waals surface area contributed by atoms with Gasteiger partial charge in [-0.2, -0.15) is 0 Å². The molecule has 0 bridgehead atoms. The van der Waals surface area contributed by atoms with Gasteiger partial charge in [0.05, 0.1) is 6.54 Å². The van der Waals surface area contributed by atoms with Gasteiger partial charge >= 0.3 is 6.09 Å². The van der Waals surface area contributed by atoms with E-state index in [1.54, 1.807) is 24.3 Å². The number of anilines is 1. The lowest BCUT2D eigenvalue weighted by atomic mass is 10.3. The molecule has 0 heterocycles. The average molecular weight is 210 g/mol. The molecule has 0 fully saturated rings. The molecule has 0 saturated heterocycles. The molecule has 1 aromatic carbocycles. The molecule has 0 aromatic heterocycles. The van der Waals surface area contributed by atoms with Crippen molar-refractivity contribution in [2.75, 3.05) is 25.9 Å². The van der Waals surface area contributed by atoms with Crippen LogP contribution in [-0.4, -0.2) is 36.3 Å². The summed E-state index contributed by atoms with van der Waals surface area (Å²) in [6.07, 6.45) is -0.962. The maximum absolute atomic E-state index is 10.4. The van der Waals surface area contributed by atoms with Gasteiger partial charge in [-0.1, -0.05) is 0 Å². The van der Waals surface area contributed by atoms with Gasteiger partial charge in [0.1, 0.15) is 12.4 Å². The van der Waals surface area contributed by atoms with Crippen LogP contribution in [0.15, 0.2) is 24.3 Å². The van der Waals surface area contributed by atoms with E-state index in [4.69, 9.17) is 15.6 Å². The predicted molar refractivity (Wildman–Crippen MR) is 57.0 cm³/mol. The van der Waals surface area contributed by atoms with Gasteiger partial charge in [-0.25, -0.2) is 4.79 Å². The minimum absolute atomic E-state index is 0.326. The van der Waals surface area contributed by atoms with E-state index < -0.39 is 6.09 Å². The minimum atomic E-state index is -0.962. The summed E-state index contributed by atoms with van der Waals surface area (Å²) in [4.78, 5) is 11.6. The van der Waals surface area contributed by atoms with Gasteiger partial charge in [0.25, 0.3) is 0 Å². The number of carboxylic acid groups (broad SMARTS) is 1. The number of ether oxygens (including phenoxy) is 1. The average Bonchev–Trinajstić information content (AvgIpc) is 2.20. The highest BCUT2D eigenvalue weighted by atomic mass is 16.5. The number of likely N-dealkylation sites (N-methyl/N-ethyl adjacent to an activating group) is 1. The van der Waals surface area contributed by atoms with Crippen molar-refractivity contribution in [3.8, 4) is 5.75 Å². The lowest BCUT2D eigenvalue weighted by Gasteiger charge is -2.13. The van der Waals surface area contributed by atoms with Crippen LogP contribution in [0.25, 0.3) is 0 Å². The Morgan fingerprint density at radius 3 is 2.60 bits per heavy atom. The number of carbonyl (C=O) groups is 1. The molecule has 0 aliphatic carbocycles. The zero-order valence-corrected chi connectivity index (χ0v) is 8.51. The van der Waals surface area contributed by atoms with Crippen molar-refractivity contribution in [2.45, 2.75) is 0 Å². The zero-order chi connectivity index (χ0) is 11.3. The van der Waals surface area contributed by atoms with Crippen molar-refractivity contribution in [1.82, 2.24) is 4.90 Å². The molecular formula is C10H14N2O3. The van der Waals surface area contributed by atoms with Gasteiger partial charge in [-0.3, -0.25) is 0 Å². The fourth-order valence-electron chi connectivity index (χ4n) is 0.960. The molecule has 0 atom stereocenters. The second-order valence-electron chi connectivity index (χ2n) is 3.12. The summed E-state index contributed by atoms with van der Waals surface area (Å²) in [6, 6.07) is 6.96. The zero-order valence-electron chi connectivity index (χ0n) is 8.51. The molecule has 5 heteroatoms. The van der Waals surface area contributed by atoms with Crippen molar-refractivity contribution in [1.29, 1.82) is 0 Å². The van der Waals surface area contributed by atoms with E-state index in [9.17, 15) is 4.79 Å². The lowest BCUT2D eigenvalue weighted by Crippen LogP contribution is -2.29. The Kier molecular flexibility index (Phi) is 3.79. The number of nitrogen functional groups attached to an aromatic ring is 1. The van der Waals surface area contributed by atoms with Crippen LogP contribution in [0, 0.1) is 0 Å². The maximum atomic E-state index is 10.4. The maximum Gasteiger partial charge on any atom is 0.407 e. The van der Waals surface area contributed by atoms with Crippen molar-refractivity contribution in [3.63, 3.8) is 0 Å². The molecular weight excluding hydrogens is 196 g/mol. The first-order valence-corrected chi connectivity index (χ1v) is 4.52. The second-order valence-corrected chi connectivity index (χ2v) is 3.12. The summed E-state index contributed by atoms with van der Waals surface area (Å²) >= 11 is 0. The Balaban J connectivity index is 2.32. The molecule has 82 valence electrons. The molecule has 1 aromatic rings. The normalized spacial score (nSPS) is 9.67. The largest absolute Gasteiger partial charge is 0.492 e. The van der Waals surface area contributed by atoms with Gasteiger partial charge in [0, 0.05) is 12.7 Å². The molecule has 3 N–H and O–H groups in total. The van der Waals surface area contributed by atoms with Crippen LogP contribution in [0.3, 0.4) is 0 Å². The van der Waals surface area contributed by atoms with E-state index in [-0.39, 0.29) is 0 Å². The summed E-state index contributed by atoms with van der Waals surface area (Å²) in [5, 5.41) is 8.57. The van der Waals surface area contributed by atoms with Crippen molar-refractivity contribution in [3.05, 3.63) is 24.3 Å². The SMILES string of the molecule is CN(CCOc1ccc(N)cc1)C(=O)O. The highest BCUT2D eigenvalue weighted by Gasteiger charge is 2.04. The number of hydrogen-bond acceptors (Lipinski definition) is 3. The fraction of sp³-hybridized carbons (Fsp3) is 0.300. The number of hydrogen-bond donors (Lipinski definition) is 2. The molecule has 0 radical (unpaired) electrons. The van der Waals surface area contributed by atoms with E-state index >= 15 is 0 Å². The Bertz CT molecular complexity index is 324. The van der Waals surface area contributed by atoms with Crippen molar-refractivity contribution < 1.29 is 14.6 Å². The van der Waals surface area contributed by atoms with E-state index in [1.165, 1.54) is 7.05 Å². The van der Waals surface area contributed by atoms with Crippen LogP contribution < -0.4 is 10.5 Å². The van der Waals surface area contributed by atoms with Crippen LogP contribution in [0.1, 0.15) is 0 Å². The minimum Gasteiger partial charge on any atom is -0.492 e. The summed E-state index contributed by atoms with van der Waals surface area (Å²) in [5.74, 6) is 0.683. The second kappa shape index (κ2) is 5.09. The molecule has 1 rings (SSSR count). The van der Waals surface area contributed by atoms with E-state index in [0.29, 0.717) is 24.6 Å². The third-order valence-corrected chi connectivity index (χ3v) is 1.90. The summed E-state index contributed by atoms with van der Waals surface area (Å²) in [6.45, 7) is 0.659. The summed E-state index contributed by atoms with van der Waals surface area (Å²) < 4.78 is 5.32. The molecule has 0 spiro atoms. The van der Waals surface area contributed by atoms with Gasteiger partial charge in [-0.15, -0.1) is 0 Å². The van der Waals surface area contributed by atoms with Crippen molar-refractivity contribution >= 4 is 11.8 Å². The fourth-order valence-corrected chi connectivity index (χ4v) is 0.960. The monoisotopic (exact) mass is 210 g/mol. The number of amides is 1. The lowest BCUT2D eigenvalue weighted by molar-refractivity contribution is 0.147. The molecule has 0 saturated carbocycles. The first-order valence-electron chi connectivity index (χ1n) is 4.52. The molecule has 0 aliphatic heterocycles. The van der Waals surface area contributed by atoms with Crippen LogP contribution >= 0.6 is 0 Å². The first kappa shape index (κ1) is 11.2. The van der Waals surface area contributed by atoms with Crippen LogP contribution in [0.4, 0.5) is 10.5 Å². The quantitative estimate of drug-likeness (QED) is 0.733. The Morgan fingerprint density at radius 2 is 2.07 bits per heavy atom. The Morgan fingerprint density at radius 1 is 1.47 bits per heavy atom. The Labute approximate surface area is 88.1 Å². The van der Waals surface area contributed by atoms with Crippen LogP contribution in [-0.2, 0) is 0 Å². The van der Waals surface area contributed by atoms with Crippen LogP contribution in [0.2, 0.25) is 0 Å². The van der Waals surface area contributed by atoms with Gasteiger partial charge in [0.15, 0.2) is 0 Å². The molecule has 1 amide bonds. The number of nitrogens with two attached hydrogens (primary N) is 1. The smallest absolute Gasteiger partial charge is 0.407 e. The molecule has 0 unspecified atom stereocenters. The Hall–Kier alpha value is -1.91. The number of rotatable bonds is 4. The number of benzene rings is 1. The standard InChI is InChI=1S/C10H14N2O3/c1-12(10(13)14)6-7-15-9-4-2-8(11)3-5-9/h2-5H,6-7,11H2,1H3,(H,13,14). The predicted octanol–water partition coefficient (Wildman–Crippen LogP) is 1.26. The number of nitrogens with zero attached hydrogens (tertiary/aromatic N) is 1. The summed E-state index contributed by atoms with van der Waals surface area (Å²) in [7, 11) is 1.49. The highest BCUT2D eigenvalue weighted by molar-refractivity contribution is 5.64. The summed E-state index contributed by atoms with van der Waals surface area (Å²) in [5.41, 5.74) is 6.17. The third kappa shape index (κ3) is 3.76. The van der Waals surface area contributed by atoms with E-state index in [2.05, 4.69) is 0 Å². The van der Waals surface area contributed by atoms with Gasteiger partial charge in [-0.05, 0) is 24.3 Å². The van der Waals surface area contributed by atoms with Gasteiger partial charge in [0.2, 0.25) is 0 Å². The van der Waals surface area contributed by atoms with E-state index in [1.807, 2.05) is 0 Å². The molecule has 5 nitrogen and oxygen atoms in total. The van der Waals surface area contributed by atoms with E-state index in [0.717, 1.165) is 4.90 Å². The first-order chi connectivity index (χ1) is 7.09. The topological polar surface area (TPSA) is 75.8 Å².